The van der Waals surface area contributed by atoms with E-state index >= 15 is 0 Å². The van der Waals surface area contributed by atoms with Crippen LogP contribution >= 0.6 is 11.6 Å². The number of benzene rings is 2. The van der Waals surface area contributed by atoms with E-state index in [2.05, 4.69) is 33.5 Å². The molecule has 35 heavy (non-hydrogen) atoms. The zero-order valence-corrected chi connectivity index (χ0v) is 20.3. The highest BCUT2D eigenvalue weighted by atomic mass is 35.5. The molecule has 0 amide bonds. The van der Waals surface area contributed by atoms with Crippen LogP contribution in [0.5, 0.6) is 5.75 Å². The van der Waals surface area contributed by atoms with Gasteiger partial charge in [0.25, 0.3) is 0 Å². The minimum atomic E-state index is 0.240. The number of likely N-dealkylation sites (tertiary alicyclic amines) is 1. The second kappa shape index (κ2) is 9.55. The van der Waals surface area contributed by atoms with Crippen molar-refractivity contribution in [1.29, 1.82) is 0 Å². The van der Waals surface area contributed by atoms with Crippen LogP contribution in [0.3, 0.4) is 0 Å². The average Bonchev–Trinajstić information content (AvgIpc) is 3.46. The summed E-state index contributed by atoms with van der Waals surface area (Å²) in [6.45, 7) is 3.99. The van der Waals surface area contributed by atoms with Gasteiger partial charge in [0.2, 0.25) is 0 Å². The number of nitrogens with one attached hydrogen (secondary N) is 1. The van der Waals surface area contributed by atoms with E-state index in [0.717, 1.165) is 55.4 Å². The molecule has 2 aromatic heterocycles. The second-order valence-electron chi connectivity index (χ2n) is 9.54. The van der Waals surface area contributed by atoms with Crippen LogP contribution in [0, 0.1) is 5.92 Å². The Kier molecular flexibility index (Phi) is 6.12. The molecule has 2 unspecified atom stereocenters. The van der Waals surface area contributed by atoms with E-state index in [1.807, 2.05) is 36.4 Å². The van der Waals surface area contributed by atoms with Crippen LogP contribution in [0.1, 0.15) is 18.4 Å². The topological polar surface area (TPSA) is 54.7 Å². The van der Waals surface area contributed by atoms with Crippen LogP contribution in [0.15, 0.2) is 60.8 Å². The quantitative estimate of drug-likeness (QED) is 0.421. The third kappa shape index (κ3) is 4.63. The number of nitrogens with zero attached hydrogens (tertiary/aromatic N) is 4. The van der Waals surface area contributed by atoms with E-state index in [0.29, 0.717) is 22.1 Å². The molecule has 2 atom stereocenters. The summed E-state index contributed by atoms with van der Waals surface area (Å²) in [6.07, 6.45) is 5.27. The normalized spacial score (nSPS) is 20.0. The van der Waals surface area contributed by atoms with Gasteiger partial charge in [0, 0.05) is 48.9 Å². The van der Waals surface area contributed by atoms with Crippen LogP contribution in [-0.2, 0) is 6.42 Å². The molecule has 0 aliphatic carbocycles. The molecule has 4 aromatic rings. The minimum Gasteiger partial charge on any atom is -0.488 e. The molecule has 2 aliphatic heterocycles. The van der Waals surface area contributed by atoms with Crippen LogP contribution in [0.25, 0.3) is 16.9 Å². The van der Waals surface area contributed by atoms with E-state index in [-0.39, 0.29) is 6.10 Å². The van der Waals surface area contributed by atoms with Crippen molar-refractivity contribution in [2.45, 2.75) is 25.4 Å². The summed E-state index contributed by atoms with van der Waals surface area (Å²) >= 11 is 6.46. The first kappa shape index (κ1) is 22.4. The van der Waals surface area contributed by atoms with E-state index in [1.54, 1.807) is 10.7 Å². The van der Waals surface area contributed by atoms with E-state index < -0.39 is 0 Å². The molecule has 2 aromatic carbocycles. The van der Waals surface area contributed by atoms with Gasteiger partial charge in [-0.2, -0.15) is 9.61 Å². The number of aromatic nitrogens is 3. The Labute approximate surface area is 211 Å². The van der Waals surface area contributed by atoms with Gasteiger partial charge in [0.15, 0.2) is 5.65 Å². The van der Waals surface area contributed by atoms with E-state index in [1.165, 1.54) is 18.4 Å². The number of ether oxygens (including phenoxy) is 1. The summed E-state index contributed by atoms with van der Waals surface area (Å²) in [7, 11) is 6.17. The molecule has 0 saturated carbocycles. The van der Waals surface area contributed by atoms with Gasteiger partial charge >= 0.3 is 0 Å². The summed E-state index contributed by atoms with van der Waals surface area (Å²) in [5.74, 6) is 2.45. The number of halogens is 1. The lowest BCUT2D eigenvalue weighted by Crippen LogP contribution is -2.43. The number of piperidine rings is 1. The molecule has 1 N–H and O–H groups in total. The standard InChI is InChI=1S/C27H27BClN5O/c28-22-15-31-34-26(13-24(32-27(22)34)21-8-2-3-9-23(21)29)30-14-18-6-5-11-33(16-18)17-20-12-19-7-1-4-10-25(19)35-20/h1-4,7-10,13,15,18,20,30H,5-6,11-12,14,16-17H2. The van der Waals surface area contributed by atoms with Crippen LogP contribution in [0.2, 0.25) is 5.02 Å². The van der Waals surface area contributed by atoms with Crippen molar-refractivity contribution in [2.75, 3.05) is 31.5 Å². The van der Waals surface area contributed by atoms with E-state index in [4.69, 9.17) is 29.2 Å². The van der Waals surface area contributed by atoms with Crippen molar-refractivity contribution < 1.29 is 4.74 Å². The average molecular weight is 484 g/mol. The maximum absolute atomic E-state index is 6.46. The monoisotopic (exact) mass is 483 g/mol. The van der Waals surface area contributed by atoms with Crippen molar-refractivity contribution in [2.24, 2.45) is 5.92 Å². The number of anilines is 1. The zero-order valence-electron chi connectivity index (χ0n) is 19.5. The van der Waals surface area contributed by atoms with Gasteiger partial charge in [-0.1, -0.05) is 48.0 Å². The number of hydrogen-bond acceptors (Lipinski definition) is 5. The van der Waals surface area contributed by atoms with Gasteiger partial charge in [0.1, 0.15) is 25.5 Å². The predicted octanol–water partition coefficient (Wildman–Crippen LogP) is 3.97. The maximum Gasteiger partial charge on any atom is 0.150 e. The molecule has 4 heterocycles. The molecule has 6 rings (SSSR count). The molecule has 8 heteroatoms. The molecule has 2 radical (unpaired) electrons. The van der Waals surface area contributed by atoms with Crippen LogP contribution in [0.4, 0.5) is 5.82 Å². The Bertz CT molecular complexity index is 1330. The first-order valence-electron chi connectivity index (χ1n) is 12.2. The van der Waals surface area contributed by atoms with Crippen molar-refractivity contribution in [3.63, 3.8) is 0 Å². The summed E-state index contributed by atoms with van der Waals surface area (Å²) in [6, 6.07) is 18.1. The third-order valence-corrected chi connectivity index (χ3v) is 7.33. The van der Waals surface area contributed by atoms with Crippen molar-refractivity contribution in [3.05, 3.63) is 71.4 Å². The molecule has 1 saturated heterocycles. The van der Waals surface area contributed by atoms with Gasteiger partial charge in [0.05, 0.1) is 5.69 Å². The van der Waals surface area contributed by atoms with Gasteiger partial charge in [-0.25, -0.2) is 4.98 Å². The molecule has 0 spiro atoms. The van der Waals surface area contributed by atoms with Crippen molar-refractivity contribution >= 4 is 36.4 Å². The predicted molar refractivity (Wildman–Crippen MR) is 141 cm³/mol. The lowest BCUT2D eigenvalue weighted by Gasteiger charge is -2.34. The summed E-state index contributed by atoms with van der Waals surface area (Å²) in [5, 5.41) is 8.74. The van der Waals surface area contributed by atoms with Crippen LogP contribution < -0.4 is 15.5 Å². The Balaban J connectivity index is 1.15. The number of fused-ring (bicyclic) bond motifs is 2. The fourth-order valence-electron chi connectivity index (χ4n) is 5.29. The summed E-state index contributed by atoms with van der Waals surface area (Å²) in [5.41, 5.74) is 4.15. The Morgan fingerprint density at radius 1 is 1.14 bits per heavy atom. The maximum atomic E-state index is 6.46. The highest BCUT2D eigenvalue weighted by Gasteiger charge is 2.27. The van der Waals surface area contributed by atoms with Gasteiger partial charge in [-0.05, 0) is 48.5 Å². The number of para-hydroxylation sites is 1. The smallest absolute Gasteiger partial charge is 0.150 e. The van der Waals surface area contributed by atoms with Crippen LogP contribution in [-0.4, -0.2) is 59.6 Å². The Morgan fingerprint density at radius 3 is 2.89 bits per heavy atom. The molecule has 0 bridgehead atoms. The molecular weight excluding hydrogens is 457 g/mol. The summed E-state index contributed by atoms with van der Waals surface area (Å²) in [4.78, 5) is 7.29. The Morgan fingerprint density at radius 2 is 2.00 bits per heavy atom. The first-order valence-corrected chi connectivity index (χ1v) is 12.6. The SMILES string of the molecule is [B]c1cnn2c(NCC3CCCN(CC4Cc5ccccc5O4)C3)cc(-c3ccccc3Cl)nc12. The molecule has 1 fully saturated rings. The van der Waals surface area contributed by atoms with Gasteiger partial charge in [-0.3, -0.25) is 4.90 Å². The van der Waals surface area contributed by atoms with Crippen molar-refractivity contribution in [3.8, 4) is 17.0 Å². The fourth-order valence-corrected chi connectivity index (χ4v) is 5.52. The van der Waals surface area contributed by atoms with Crippen molar-refractivity contribution in [1.82, 2.24) is 19.5 Å². The molecule has 176 valence electrons. The molecular formula is C27H27BClN5O. The Hall–Kier alpha value is -3.03. The third-order valence-electron chi connectivity index (χ3n) is 7.00. The highest BCUT2D eigenvalue weighted by molar-refractivity contribution is 6.36. The lowest BCUT2D eigenvalue weighted by atomic mass is 9.97. The second-order valence-corrected chi connectivity index (χ2v) is 9.95. The number of hydrogen-bond donors (Lipinski definition) is 1. The minimum absolute atomic E-state index is 0.240. The van der Waals surface area contributed by atoms with E-state index in [9.17, 15) is 0 Å². The highest BCUT2D eigenvalue weighted by Crippen LogP contribution is 2.30. The summed E-state index contributed by atoms with van der Waals surface area (Å²) < 4.78 is 7.97. The lowest BCUT2D eigenvalue weighted by molar-refractivity contribution is 0.113. The largest absolute Gasteiger partial charge is 0.488 e. The first-order chi connectivity index (χ1) is 17.1. The van der Waals surface area contributed by atoms with Gasteiger partial charge in [-0.15, -0.1) is 0 Å². The number of rotatable bonds is 6. The molecule has 6 nitrogen and oxygen atoms in total. The zero-order chi connectivity index (χ0) is 23.8. The fraction of sp³-hybridized carbons (Fsp3) is 0.333. The molecule has 2 aliphatic rings. The van der Waals surface area contributed by atoms with Gasteiger partial charge < -0.3 is 10.1 Å².